The summed E-state index contributed by atoms with van der Waals surface area (Å²) in [5.41, 5.74) is 2.06. The zero-order valence-electron chi connectivity index (χ0n) is 11.1. The highest BCUT2D eigenvalue weighted by atomic mass is 35.5. The Hall–Kier alpha value is -2.11. The van der Waals surface area contributed by atoms with Crippen molar-refractivity contribution in [1.82, 2.24) is 4.98 Å². The quantitative estimate of drug-likeness (QED) is 0.755. The molecule has 2 heterocycles. The third-order valence-corrected chi connectivity index (χ3v) is 4.33. The van der Waals surface area contributed by atoms with E-state index < -0.39 is 0 Å². The highest BCUT2D eigenvalue weighted by molar-refractivity contribution is 7.18. The van der Waals surface area contributed by atoms with Crippen LogP contribution in [0.25, 0.3) is 10.9 Å². The maximum atomic E-state index is 12.1. The number of thiophene rings is 1. The van der Waals surface area contributed by atoms with Crippen molar-refractivity contribution in [3.8, 4) is 0 Å². The van der Waals surface area contributed by atoms with Gasteiger partial charge < -0.3 is 10.3 Å². The van der Waals surface area contributed by atoms with E-state index in [0.717, 1.165) is 10.9 Å². The summed E-state index contributed by atoms with van der Waals surface area (Å²) in [6.07, 6.45) is 0. The number of aryl methyl sites for hydroxylation is 1. The molecular formula is C15H11ClN2O2S. The standard InChI is InChI=1S/C15H11ClN2O2S/c1-8-6-14(19)18-11-7-9(2-3-10(8)11)17-15(20)12-4-5-13(16)21-12/h2-7H,1H3,(H,17,20)(H,18,19). The second kappa shape index (κ2) is 5.35. The van der Waals surface area contributed by atoms with Gasteiger partial charge in [-0.3, -0.25) is 9.59 Å². The van der Waals surface area contributed by atoms with Crippen LogP contribution in [0.15, 0.2) is 41.2 Å². The van der Waals surface area contributed by atoms with E-state index in [1.807, 2.05) is 13.0 Å². The summed E-state index contributed by atoms with van der Waals surface area (Å²) in [6, 6.07) is 10.3. The van der Waals surface area contributed by atoms with E-state index in [1.54, 1.807) is 30.3 Å². The zero-order chi connectivity index (χ0) is 15.0. The van der Waals surface area contributed by atoms with Crippen LogP contribution < -0.4 is 10.9 Å². The first kappa shape index (κ1) is 13.9. The molecule has 0 unspecified atom stereocenters. The van der Waals surface area contributed by atoms with Crippen molar-refractivity contribution < 1.29 is 4.79 Å². The van der Waals surface area contributed by atoms with Crippen LogP contribution in [0.1, 0.15) is 15.2 Å². The number of carbonyl (C=O) groups excluding carboxylic acids is 1. The molecule has 0 saturated carbocycles. The largest absolute Gasteiger partial charge is 0.322 e. The van der Waals surface area contributed by atoms with Gasteiger partial charge >= 0.3 is 0 Å². The van der Waals surface area contributed by atoms with E-state index in [2.05, 4.69) is 10.3 Å². The number of aromatic amines is 1. The lowest BCUT2D eigenvalue weighted by molar-refractivity contribution is 0.103. The van der Waals surface area contributed by atoms with Crippen molar-refractivity contribution in [2.75, 3.05) is 5.32 Å². The normalized spacial score (nSPS) is 10.8. The molecule has 0 fully saturated rings. The fourth-order valence-electron chi connectivity index (χ4n) is 2.14. The number of rotatable bonds is 2. The number of H-pyrrole nitrogens is 1. The van der Waals surface area contributed by atoms with Crippen molar-refractivity contribution in [1.29, 1.82) is 0 Å². The van der Waals surface area contributed by atoms with Gasteiger partial charge in [-0.1, -0.05) is 17.7 Å². The van der Waals surface area contributed by atoms with Gasteiger partial charge in [0.15, 0.2) is 0 Å². The van der Waals surface area contributed by atoms with Crippen molar-refractivity contribution in [3.05, 3.63) is 61.5 Å². The molecule has 2 N–H and O–H groups in total. The van der Waals surface area contributed by atoms with Crippen LogP contribution >= 0.6 is 22.9 Å². The Labute approximate surface area is 129 Å². The predicted molar refractivity (Wildman–Crippen MR) is 86.6 cm³/mol. The molecule has 6 heteroatoms. The van der Waals surface area contributed by atoms with E-state index in [0.29, 0.717) is 20.4 Å². The second-order valence-corrected chi connectivity index (χ2v) is 6.35. The smallest absolute Gasteiger partial charge is 0.265 e. The van der Waals surface area contributed by atoms with E-state index in [9.17, 15) is 9.59 Å². The SMILES string of the molecule is Cc1cc(=O)[nH]c2cc(NC(=O)c3ccc(Cl)s3)ccc12. The van der Waals surface area contributed by atoms with Gasteiger partial charge in [-0.15, -0.1) is 11.3 Å². The highest BCUT2D eigenvalue weighted by Gasteiger charge is 2.09. The van der Waals surface area contributed by atoms with Gasteiger partial charge in [-0.25, -0.2) is 0 Å². The predicted octanol–water partition coefficient (Wildman–Crippen LogP) is 3.80. The summed E-state index contributed by atoms with van der Waals surface area (Å²) < 4.78 is 0.568. The Bertz CT molecular complexity index is 898. The Morgan fingerprint density at radius 3 is 2.76 bits per heavy atom. The van der Waals surface area contributed by atoms with Crippen molar-refractivity contribution in [2.45, 2.75) is 6.92 Å². The van der Waals surface area contributed by atoms with E-state index >= 15 is 0 Å². The highest BCUT2D eigenvalue weighted by Crippen LogP contribution is 2.23. The molecule has 0 saturated heterocycles. The fourth-order valence-corrected chi connectivity index (χ4v) is 3.08. The first-order valence-corrected chi connectivity index (χ1v) is 7.43. The van der Waals surface area contributed by atoms with Gasteiger partial charge in [0.2, 0.25) is 5.56 Å². The molecule has 0 radical (unpaired) electrons. The van der Waals surface area contributed by atoms with E-state index in [1.165, 1.54) is 11.3 Å². The molecule has 1 amide bonds. The maximum Gasteiger partial charge on any atom is 0.265 e. The summed E-state index contributed by atoms with van der Waals surface area (Å²) in [7, 11) is 0. The molecule has 3 rings (SSSR count). The Morgan fingerprint density at radius 1 is 1.24 bits per heavy atom. The number of carbonyl (C=O) groups is 1. The van der Waals surface area contributed by atoms with E-state index in [4.69, 9.17) is 11.6 Å². The third-order valence-electron chi connectivity index (χ3n) is 3.10. The minimum absolute atomic E-state index is 0.159. The molecule has 1 aromatic carbocycles. The molecule has 4 nitrogen and oxygen atoms in total. The number of aromatic nitrogens is 1. The lowest BCUT2D eigenvalue weighted by Gasteiger charge is -2.06. The number of amides is 1. The minimum atomic E-state index is -0.221. The summed E-state index contributed by atoms with van der Waals surface area (Å²) in [5, 5.41) is 3.74. The Morgan fingerprint density at radius 2 is 2.05 bits per heavy atom. The molecule has 2 aromatic heterocycles. The zero-order valence-corrected chi connectivity index (χ0v) is 12.6. The summed E-state index contributed by atoms with van der Waals surface area (Å²) in [5.74, 6) is -0.221. The molecular weight excluding hydrogens is 308 g/mol. The fraction of sp³-hybridized carbons (Fsp3) is 0.0667. The molecule has 0 atom stereocenters. The monoisotopic (exact) mass is 318 g/mol. The van der Waals surface area contributed by atoms with Gasteiger partial charge in [0, 0.05) is 17.1 Å². The molecule has 106 valence electrons. The molecule has 21 heavy (non-hydrogen) atoms. The van der Waals surface area contributed by atoms with Crippen molar-refractivity contribution in [3.63, 3.8) is 0 Å². The van der Waals surface area contributed by atoms with Crippen LogP contribution in [-0.2, 0) is 0 Å². The molecule has 0 aliphatic heterocycles. The first-order chi connectivity index (χ1) is 10.0. The molecule has 3 aromatic rings. The number of pyridine rings is 1. The number of anilines is 1. The molecule has 0 bridgehead atoms. The van der Waals surface area contributed by atoms with Crippen molar-refractivity contribution in [2.24, 2.45) is 0 Å². The van der Waals surface area contributed by atoms with Gasteiger partial charge in [-0.2, -0.15) is 0 Å². The van der Waals surface area contributed by atoms with Crippen LogP contribution in [0, 0.1) is 6.92 Å². The Balaban J connectivity index is 1.94. The van der Waals surface area contributed by atoms with Crippen LogP contribution in [0.5, 0.6) is 0 Å². The van der Waals surface area contributed by atoms with Gasteiger partial charge in [0.1, 0.15) is 0 Å². The number of hydrogen-bond donors (Lipinski definition) is 2. The molecule has 0 spiro atoms. The number of hydrogen-bond acceptors (Lipinski definition) is 3. The minimum Gasteiger partial charge on any atom is -0.322 e. The van der Waals surface area contributed by atoms with Crippen LogP contribution in [0.3, 0.4) is 0 Å². The number of fused-ring (bicyclic) bond motifs is 1. The lowest BCUT2D eigenvalue weighted by Crippen LogP contribution is -2.10. The average molecular weight is 319 g/mol. The Kier molecular flexibility index (Phi) is 3.53. The van der Waals surface area contributed by atoms with Crippen molar-refractivity contribution >= 4 is 45.4 Å². The maximum absolute atomic E-state index is 12.1. The van der Waals surface area contributed by atoms with Gasteiger partial charge in [0.25, 0.3) is 5.91 Å². The number of benzene rings is 1. The molecule has 0 aliphatic rings. The first-order valence-electron chi connectivity index (χ1n) is 6.23. The summed E-state index contributed by atoms with van der Waals surface area (Å²) in [6.45, 7) is 1.88. The summed E-state index contributed by atoms with van der Waals surface area (Å²) in [4.78, 5) is 26.9. The van der Waals surface area contributed by atoms with Gasteiger partial charge in [-0.05, 0) is 36.8 Å². The second-order valence-electron chi connectivity index (χ2n) is 4.63. The van der Waals surface area contributed by atoms with Gasteiger partial charge in [0.05, 0.1) is 14.7 Å². The average Bonchev–Trinajstić information content (AvgIpc) is 2.85. The third kappa shape index (κ3) is 2.84. The number of nitrogens with one attached hydrogen (secondary N) is 2. The topological polar surface area (TPSA) is 62.0 Å². The van der Waals surface area contributed by atoms with Crippen LogP contribution in [0.4, 0.5) is 5.69 Å². The molecule has 0 aliphatic carbocycles. The number of halogens is 1. The van der Waals surface area contributed by atoms with Crippen LogP contribution in [0.2, 0.25) is 4.34 Å². The van der Waals surface area contributed by atoms with E-state index in [-0.39, 0.29) is 11.5 Å². The summed E-state index contributed by atoms with van der Waals surface area (Å²) >= 11 is 7.04. The van der Waals surface area contributed by atoms with Crippen LogP contribution in [-0.4, -0.2) is 10.9 Å². The lowest BCUT2D eigenvalue weighted by atomic mass is 10.1.